The summed E-state index contributed by atoms with van der Waals surface area (Å²) in [7, 11) is 0. The van der Waals surface area contributed by atoms with Crippen molar-refractivity contribution in [2.75, 3.05) is 10.6 Å². The van der Waals surface area contributed by atoms with Gasteiger partial charge in [0.05, 0.1) is 22.5 Å². The van der Waals surface area contributed by atoms with Gasteiger partial charge < -0.3 is 15.7 Å². The van der Waals surface area contributed by atoms with Crippen LogP contribution >= 0.6 is 11.6 Å². The van der Waals surface area contributed by atoms with Gasteiger partial charge in [0, 0.05) is 17.8 Å². The third-order valence-electron chi connectivity index (χ3n) is 3.94. The van der Waals surface area contributed by atoms with Gasteiger partial charge in [0.1, 0.15) is 0 Å². The molecule has 0 saturated carbocycles. The molecule has 0 fully saturated rings. The molecule has 3 N–H and O–H groups in total. The SMILES string of the molecule is CC(C)C(=O)Nc1ccc(Cl)c(C(=O)Nc2cnn(C(C)(C)C(=O)O)c2)c1. The Balaban J connectivity index is 2.20. The second-order valence-electron chi connectivity index (χ2n) is 6.83. The summed E-state index contributed by atoms with van der Waals surface area (Å²) in [5, 5.41) is 18.8. The van der Waals surface area contributed by atoms with Crippen LogP contribution in [0.1, 0.15) is 38.1 Å². The van der Waals surface area contributed by atoms with Crippen molar-refractivity contribution in [1.82, 2.24) is 9.78 Å². The second-order valence-corrected chi connectivity index (χ2v) is 7.24. The minimum Gasteiger partial charge on any atom is -0.479 e. The number of carboxylic acid groups (broad SMARTS) is 1. The Morgan fingerprint density at radius 1 is 1.19 bits per heavy atom. The average molecular weight is 393 g/mol. The summed E-state index contributed by atoms with van der Waals surface area (Å²) in [6, 6.07) is 4.60. The highest BCUT2D eigenvalue weighted by Crippen LogP contribution is 2.23. The largest absolute Gasteiger partial charge is 0.479 e. The van der Waals surface area contributed by atoms with E-state index in [1.54, 1.807) is 19.9 Å². The number of nitrogens with zero attached hydrogens (tertiary/aromatic N) is 2. The number of nitrogens with one attached hydrogen (secondary N) is 2. The molecule has 0 saturated heterocycles. The van der Waals surface area contributed by atoms with Crippen LogP contribution in [0.4, 0.5) is 11.4 Å². The molecule has 0 atom stereocenters. The lowest BCUT2D eigenvalue weighted by Gasteiger charge is -2.19. The Morgan fingerprint density at radius 2 is 1.85 bits per heavy atom. The normalized spacial score (nSPS) is 11.3. The summed E-state index contributed by atoms with van der Waals surface area (Å²) in [5.41, 5.74) is -0.321. The Hall–Kier alpha value is -2.87. The van der Waals surface area contributed by atoms with E-state index in [0.29, 0.717) is 11.4 Å². The van der Waals surface area contributed by atoms with E-state index in [-0.39, 0.29) is 22.4 Å². The molecule has 0 aliphatic heterocycles. The molecule has 1 heterocycles. The fourth-order valence-electron chi connectivity index (χ4n) is 2.05. The molecular weight excluding hydrogens is 372 g/mol. The maximum absolute atomic E-state index is 12.5. The van der Waals surface area contributed by atoms with Gasteiger partial charge in [0.2, 0.25) is 5.91 Å². The van der Waals surface area contributed by atoms with Crippen LogP contribution in [0.5, 0.6) is 0 Å². The molecule has 27 heavy (non-hydrogen) atoms. The number of amides is 2. The number of rotatable bonds is 6. The first-order valence-corrected chi connectivity index (χ1v) is 8.60. The number of carboxylic acids is 1. The molecule has 0 bridgehead atoms. The fourth-order valence-corrected chi connectivity index (χ4v) is 2.26. The van der Waals surface area contributed by atoms with E-state index in [0.717, 1.165) is 0 Å². The Morgan fingerprint density at radius 3 is 2.44 bits per heavy atom. The van der Waals surface area contributed by atoms with Gasteiger partial charge in [-0.1, -0.05) is 25.4 Å². The standard InChI is InChI=1S/C18H21ClN4O4/c1-10(2)15(24)21-11-5-6-14(19)13(7-11)16(25)22-12-8-20-23(9-12)18(3,4)17(26)27/h5-10H,1-4H3,(H,21,24)(H,22,25)(H,26,27). The summed E-state index contributed by atoms with van der Waals surface area (Å²) in [5.74, 6) is -1.95. The van der Waals surface area contributed by atoms with Crippen LogP contribution in [0.15, 0.2) is 30.6 Å². The quantitative estimate of drug-likeness (QED) is 0.698. The summed E-state index contributed by atoms with van der Waals surface area (Å²) in [6.45, 7) is 6.50. The third kappa shape index (κ3) is 4.65. The lowest BCUT2D eigenvalue weighted by atomic mass is 10.1. The zero-order valence-corrected chi connectivity index (χ0v) is 16.2. The summed E-state index contributed by atoms with van der Waals surface area (Å²) in [6.07, 6.45) is 2.77. The van der Waals surface area contributed by atoms with Crippen LogP contribution in [0.2, 0.25) is 5.02 Å². The number of anilines is 2. The molecule has 0 unspecified atom stereocenters. The summed E-state index contributed by atoms with van der Waals surface area (Å²) >= 11 is 6.10. The van der Waals surface area contributed by atoms with Crippen molar-refractivity contribution in [1.29, 1.82) is 0 Å². The number of benzene rings is 1. The minimum absolute atomic E-state index is 0.170. The van der Waals surface area contributed by atoms with Gasteiger partial charge in [-0.05, 0) is 32.0 Å². The van der Waals surface area contributed by atoms with Crippen LogP contribution in [-0.2, 0) is 15.1 Å². The predicted octanol–water partition coefficient (Wildman–Crippen LogP) is 3.20. The highest BCUT2D eigenvalue weighted by molar-refractivity contribution is 6.34. The van der Waals surface area contributed by atoms with Crippen molar-refractivity contribution in [3.05, 3.63) is 41.2 Å². The van der Waals surface area contributed by atoms with Crippen molar-refractivity contribution < 1.29 is 19.5 Å². The zero-order valence-electron chi connectivity index (χ0n) is 15.4. The molecule has 0 radical (unpaired) electrons. The monoisotopic (exact) mass is 392 g/mol. The molecule has 1 aromatic heterocycles. The van der Waals surface area contributed by atoms with Crippen molar-refractivity contribution >= 4 is 40.8 Å². The predicted molar refractivity (Wildman–Crippen MR) is 102 cm³/mol. The maximum Gasteiger partial charge on any atom is 0.331 e. The van der Waals surface area contributed by atoms with E-state index >= 15 is 0 Å². The van der Waals surface area contributed by atoms with Crippen molar-refractivity contribution in [2.45, 2.75) is 33.2 Å². The molecular formula is C18H21ClN4O4. The smallest absolute Gasteiger partial charge is 0.331 e. The van der Waals surface area contributed by atoms with E-state index < -0.39 is 17.4 Å². The molecule has 2 aromatic rings. The summed E-state index contributed by atoms with van der Waals surface area (Å²) in [4.78, 5) is 35.6. The van der Waals surface area contributed by atoms with Crippen molar-refractivity contribution in [3.8, 4) is 0 Å². The maximum atomic E-state index is 12.5. The van der Waals surface area contributed by atoms with Crippen LogP contribution in [0, 0.1) is 5.92 Å². The van der Waals surface area contributed by atoms with E-state index in [1.165, 1.54) is 43.1 Å². The van der Waals surface area contributed by atoms with Gasteiger partial charge in [-0.2, -0.15) is 5.10 Å². The van der Waals surface area contributed by atoms with Gasteiger partial charge in [0.25, 0.3) is 5.91 Å². The number of carbonyl (C=O) groups excluding carboxylic acids is 2. The number of halogens is 1. The molecule has 8 nitrogen and oxygen atoms in total. The molecule has 1 aromatic carbocycles. The average Bonchev–Trinajstić information content (AvgIpc) is 3.05. The van der Waals surface area contributed by atoms with Gasteiger partial charge in [-0.25, -0.2) is 4.79 Å². The molecule has 0 spiro atoms. The van der Waals surface area contributed by atoms with Gasteiger partial charge in [-0.3, -0.25) is 14.3 Å². The molecule has 2 rings (SSSR count). The van der Waals surface area contributed by atoms with E-state index in [9.17, 15) is 19.5 Å². The second kappa shape index (κ2) is 7.79. The fraction of sp³-hybridized carbons (Fsp3) is 0.333. The molecule has 0 aliphatic carbocycles. The van der Waals surface area contributed by atoms with Gasteiger partial charge >= 0.3 is 5.97 Å². The Kier molecular flexibility index (Phi) is 5.90. The topological polar surface area (TPSA) is 113 Å². The first-order valence-electron chi connectivity index (χ1n) is 8.22. The third-order valence-corrected chi connectivity index (χ3v) is 4.27. The number of aliphatic carboxylic acids is 1. The Bertz CT molecular complexity index is 889. The van der Waals surface area contributed by atoms with Crippen LogP contribution in [0.3, 0.4) is 0 Å². The van der Waals surface area contributed by atoms with Crippen LogP contribution < -0.4 is 10.6 Å². The van der Waals surface area contributed by atoms with Gasteiger partial charge in [-0.15, -0.1) is 0 Å². The minimum atomic E-state index is -1.26. The lowest BCUT2D eigenvalue weighted by Crippen LogP contribution is -2.35. The number of carbonyl (C=O) groups is 3. The van der Waals surface area contributed by atoms with Crippen LogP contribution in [-0.4, -0.2) is 32.7 Å². The zero-order chi connectivity index (χ0) is 20.4. The first-order chi connectivity index (χ1) is 12.5. The number of hydrogen-bond acceptors (Lipinski definition) is 4. The number of aromatic nitrogens is 2. The van der Waals surface area contributed by atoms with E-state index in [1.807, 2.05) is 0 Å². The van der Waals surface area contributed by atoms with Crippen molar-refractivity contribution in [3.63, 3.8) is 0 Å². The molecule has 0 aliphatic rings. The van der Waals surface area contributed by atoms with Gasteiger partial charge in [0.15, 0.2) is 5.54 Å². The van der Waals surface area contributed by atoms with E-state index in [2.05, 4.69) is 15.7 Å². The first kappa shape index (κ1) is 20.4. The molecule has 9 heteroatoms. The van der Waals surface area contributed by atoms with Crippen LogP contribution in [0.25, 0.3) is 0 Å². The van der Waals surface area contributed by atoms with E-state index in [4.69, 9.17) is 11.6 Å². The molecule has 144 valence electrons. The highest BCUT2D eigenvalue weighted by atomic mass is 35.5. The number of hydrogen-bond donors (Lipinski definition) is 3. The highest BCUT2D eigenvalue weighted by Gasteiger charge is 2.30. The van der Waals surface area contributed by atoms with Crippen molar-refractivity contribution in [2.24, 2.45) is 5.92 Å². The lowest BCUT2D eigenvalue weighted by molar-refractivity contribution is -0.146. The molecule has 2 amide bonds. The summed E-state index contributed by atoms with van der Waals surface area (Å²) < 4.78 is 1.24. The Labute approximate surface area is 161 Å².